The van der Waals surface area contributed by atoms with E-state index in [0.29, 0.717) is 10.0 Å². The molecule has 3 aromatic rings. The molecule has 162 valence electrons. The highest BCUT2D eigenvalue weighted by atomic mass is 35.5. The molecule has 0 bridgehead atoms. The van der Waals surface area contributed by atoms with Crippen LogP contribution < -0.4 is 5.32 Å². The summed E-state index contributed by atoms with van der Waals surface area (Å²) in [6.07, 6.45) is 4.02. The molecular formula is C24H26Cl2N4S. The number of hydrogen-bond donors (Lipinski definition) is 1. The van der Waals surface area contributed by atoms with Crippen LogP contribution in [0.15, 0.2) is 48.7 Å². The molecule has 4 nitrogen and oxygen atoms in total. The van der Waals surface area contributed by atoms with E-state index in [-0.39, 0.29) is 12.1 Å². The predicted molar refractivity (Wildman–Crippen MR) is 132 cm³/mol. The molecule has 1 aromatic carbocycles. The maximum absolute atomic E-state index is 6.56. The van der Waals surface area contributed by atoms with Crippen molar-refractivity contribution in [2.75, 3.05) is 6.54 Å². The van der Waals surface area contributed by atoms with Crippen molar-refractivity contribution in [3.63, 3.8) is 0 Å². The first-order chi connectivity index (χ1) is 14.9. The molecule has 1 saturated heterocycles. The lowest BCUT2D eigenvalue weighted by atomic mass is 9.96. The minimum Gasteiger partial charge on any atom is -0.352 e. The summed E-state index contributed by atoms with van der Waals surface area (Å²) in [6, 6.07) is 13.9. The summed E-state index contributed by atoms with van der Waals surface area (Å²) >= 11 is 18.5. The number of nitrogens with one attached hydrogen (secondary N) is 1. The highest BCUT2D eigenvalue weighted by molar-refractivity contribution is 7.80. The highest BCUT2D eigenvalue weighted by Gasteiger charge is 2.41. The van der Waals surface area contributed by atoms with Crippen molar-refractivity contribution in [3.05, 3.63) is 81.4 Å². The summed E-state index contributed by atoms with van der Waals surface area (Å²) in [5.74, 6) is 0. The molecule has 1 aliphatic heterocycles. The molecule has 2 aromatic heterocycles. The largest absolute Gasteiger partial charge is 0.352 e. The summed E-state index contributed by atoms with van der Waals surface area (Å²) in [4.78, 5) is 6.95. The molecule has 1 N–H and O–H groups in total. The second-order valence-corrected chi connectivity index (χ2v) is 9.16. The number of unbranched alkanes of at least 4 members (excludes halogenated alkanes) is 1. The summed E-state index contributed by atoms with van der Waals surface area (Å²) in [5, 5.41) is 5.57. The third-order valence-electron chi connectivity index (χ3n) is 5.89. The number of rotatable bonds is 6. The van der Waals surface area contributed by atoms with E-state index in [1.807, 2.05) is 30.5 Å². The number of benzene rings is 1. The Morgan fingerprint density at radius 2 is 1.94 bits per heavy atom. The second kappa shape index (κ2) is 9.19. The zero-order valence-corrected chi connectivity index (χ0v) is 20.2. The number of aromatic nitrogens is 2. The van der Waals surface area contributed by atoms with Gasteiger partial charge in [0.25, 0.3) is 0 Å². The molecule has 0 unspecified atom stereocenters. The Morgan fingerprint density at radius 1 is 1.13 bits per heavy atom. The first-order valence-electron chi connectivity index (χ1n) is 10.5. The minimum absolute atomic E-state index is 0.0137. The number of nitrogens with zero attached hydrogens (tertiary/aromatic N) is 3. The summed E-state index contributed by atoms with van der Waals surface area (Å²) in [6.45, 7) is 7.35. The summed E-state index contributed by atoms with van der Waals surface area (Å²) in [5.41, 5.74) is 5.39. The number of halogens is 2. The van der Waals surface area contributed by atoms with Gasteiger partial charge in [-0.25, -0.2) is 0 Å². The maximum atomic E-state index is 6.56. The molecule has 2 atom stereocenters. The molecule has 4 rings (SSSR count). The van der Waals surface area contributed by atoms with Crippen LogP contribution in [0.1, 0.15) is 54.5 Å². The quantitative estimate of drug-likeness (QED) is 0.411. The van der Waals surface area contributed by atoms with E-state index in [4.69, 9.17) is 35.4 Å². The van der Waals surface area contributed by atoms with Crippen molar-refractivity contribution in [1.82, 2.24) is 19.8 Å². The molecule has 0 saturated carbocycles. The second-order valence-electron chi connectivity index (χ2n) is 7.93. The molecule has 0 amide bonds. The van der Waals surface area contributed by atoms with Gasteiger partial charge in [0.15, 0.2) is 5.11 Å². The van der Waals surface area contributed by atoms with Gasteiger partial charge in [0, 0.05) is 29.2 Å². The lowest BCUT2D eigenvalue weighted by molar-refractivity contribution is 0.312. The van der Waals surface area contributed by atoms with Gasteiger partial charge in [-0.05, 0) is 74.4 Å². The fourth-order valence-electron chi connectivity index (χ4n) is 4.43. The number of hydrogen-bond acceptors (Lipinski definition) is 2. The highest BCUT2D eigenvalue weighted by Crippen LogP contribution is 2.42. The van der Waals surface area contributed by atoms with E-state index in [1.54, 1.807) is 6.07 Å². The van der Waals surface area contributed by atoms with Crippen molar-refractivity contribution >= 4 is 40.5 Å². The third-order valence-corrected chi connectivity index (χ3v) is 6.78. The number of thiocarbonyl (C=S) groups is 1. The van der Waals surface area contributed by atoms with E-state index in [1.165, 1.54) is 5.56 Å². The van der Waals surface area contributed by atoms with Crippen molar-refractivity contribution in [1.29, 1.82) is 0 Å². The number of aryl methyl sites for hydroxylation is 1. The van der Waals surface area contributed by atoms with E-state index in [2.05, 4.69) is 52.7 Å². The molecule has 0 radical (unpaired) electrons. The predicted octanol–water partition coefficient (Wildman–Crippen LogP) is 6.57. The zero-order valence-electron chi connectivity index (χ0n) is 17.9. The van der Waals surface area contributed by atoms with Gasteiger partial charge in [0.2, 0.25) is 0 Å². The maximum Gasteiger partial charge on any atom is 0.170 e. The van der Waals surface area contributed by atoms with Crippen LogP contribution in [-0.4, -0.2) is 26.1 Å². The molecule has 31 heavy (non-hydrogen) atoms. The molecule has 1 fully saturated rings. The Kier molecular flexibility index (Phi) is 6.56. The lowest BCUT2D eigenvalue weighted by Gasteiger charge is -2.28. The average molecular weight is 473 g/mol. The van der Waals surface area contributed by atoms with Gasteiger partial charge in [-0.1, -0.05) is 42.6 Å². The molecule has 1 aliphatic rings. The average Bonchev–Trinajstić information content (AvgIpc) is 3.23. The minimum atomic E-state index is -0.0137. The van der Waals surface area contributed by atoms with Crippen LogP contribution in [0.2, 0.25) is 10.0 Å². The fraction of sp³-hybridized carbons (Fsp3) is 0.333. The Bertz CT molecular complexity index is 1100. The van der Waals surface area contributed by atoms with Crippen LogP contribution in [0, 0.1) is 13.8 Å². The zero-order chi connectivity index (χ0) is 22.1. The fourth-order valence-corrected chi connectivity index (χ4v) is 5.26. The van der Waals surface area contributed by atoms with E-state index >= 15 is 0 Å². The standard InChI is InChI=1S/C24H26Cl2N4S/c1-4-5-12-29-23(22(28-24(29)31)20-8-6-7-11-27-20)18-13-15(2)30(16(18)3)21-10-9-17(25)14-19(21)26/h6-11,13-14,22-23H,4-5,12H2,1-3H3,(H,28,31)/t22-,23-/m0/s1. The normalized spacial score (nSPS) is 18.5. The topological polar surface area (TPSA) is 33.1 Å². The van der Waals surface area contributed by atoms with E-state index in [0.717, 1.165) is 47.3 Å². The first-order valence-corrected chi connectivity index (χ1v) is 11.7. The van der Waals surface area contributed by atoms with Crippen molar-refractivity contribution < 1.29 is 0 Å². The van der Waals surface area contributed by atoms with Crippen molar-refractivity contribution in [2.24, 2.45) is 0 Å². The summed E-state index contributed by atoms with van der Waals surface area (Å²) in [7, 11) is 0. The first kappa shape index (κ1) is 22.1. The van der Waals surface area contributed by atoms with Gasteiger partial charge in [0.1, 0.15) is 0 Å². The smallest absolute Gasteiger partial charge is 0.170 e. The summed E-state index contributed by atoms with van der Waals surface area (Å²) < 4.78 is 2.20. The van der Waals surface area contributed by atoms with E-state index in [9.17, 15) is 0 Å². The van der Waals surface area contributed by atoms with Gasteiger partial charge >= 0.3 is 0 Å². The number of pyridine rings is 1. The Morgan fingerprint density at radius 3 is 2.61 bits per heavy atom. The van der Waals surface area contributed by atoms with Crippen LogP contribution in [-0.2, 0) is 0 Å². The van der Waals surface area contributed by atoms with Gasteiger partial charge in [-0.2, -0.15) is 0 Å². The van der Waals surface area contributed by atoms with Crippen LogP contribution in [0.4, 0.5) is 0 Å². The molecule has 3 heterocycles. The van der Waals surface area contributed by atoms with Gasteiger partial charge in [-0.15, -0.1) is 0 Å². The van der Waals surface area contributed by atoms with Gasteiger partial charge in [-0.3, -0.25) is 4.98 Å². The van der Waals surface area contributed by atoms with Crippen LogP contribution in [0.3, 0.4) is 0 Å². The Balaban J connectivity index is 1.83. The van der Waals surface area contributed by atoms with Crippen LogP contribution in [0.5, 0.6) is 0 Å². The van der Waals surface area contributed by atoms with Crippen LogP contribution >= 0.6 is 35.4 Å². The van der Waals surface area contributed by atoms with Crippen LogP contribution in [0.25, 0.3) is 5.69 Å². The SMILES string of the molecule is CCCCN1C(=S)N[C@@H](c2ccccn2)[C@@H]1c1cc(C)n(-c2ccc(Cl)cc2Cl)c1C. The Hall–Kier alpha value is -2.08. The third kappa shape index (κ3) is 4.19. The molecule has 7 heteroatoms. The van der Waals surface area contributed by atoms with E-state index < -0.39 is 0 Å². The molecule has 0 spiro atoms. The molecular weight excluding hydrogens is 447 g/mol. The Labute approximate surface area is 199 Å². The van der Waals surface area contributed by atoms with Gasteiger partial charge < -0.3 is 14.8 Å². The van der Waals surface area contributed by atoms with Crippen molar-refractivity contribution in [3.8, 4) is 5.69 Å². The lowest BCUT2D eigenvalue weighted by Crippen LogP contribution is -2.30. The monoisotopic (exact) mass is 472 g/mol. The van der Waals surface area contributed by atoms with Gasteiger partial charge in [0.05, 0.1) is 28.5 Å². The molecule has 0 aliphatic carbocycles. The van der Waals surface area contributed by atoms with Crippen molar-refractivity contribution in [2.45, 2.75) is 45.7 Å².